The highest BCUT2D eigenvalue weighted by Gasteiger charge is 2.10. The van der Waals surface area contributed by atoms with Crippen LogP contribution in [0.4, 0.5) is 14.7 Å². The molecule has 18 heavy (non-hydrogen) atoms. The Kier molecular flexibility index (Phi) is 3.48. The van der Waals surface area contributed by atoms with Gasteiger partial charge in [0.15, 0.2) is 5.13 Å². The molecule has 0 atom stereocenters. The Bertz CT molecular complexity index is 655. The minimum atomic E-state index is -5.00. The second-order valence-corrected chi connectivity index (χ2v) is 5.59. The second-order valence-electron chi connectivity index (χ2n) is 3.41. The summed E-state index contributed by atoms with van der Waals surface area (Å²) in [6.45, 7) is 1.91. The summed E-state index contributed by atoms with van der Waals surface area (Å²) in [6, 6.07) is 5.95. The Morgan fingerprint density at radius 3 is 2.83 bits per heavy atom. The zero-order valence-corrected chi connectivity index (χ0v) is 10.9. The fourth-order valence-electron chi connectivity index (χ4n) is 1.28. The molecule has 1 heterocycles. The van der Waals surface area contributed by atoms with Crippen molar-refractivity contribution in [2.75, 3.05) is 5.32 Å². The van der Waals surface area contributed by atoms with Crippen molar-refractivity contribution in [3.05, 3.63) is 35.3 Å². The molecule has 0 aliphatic heterocycles. The van der Waals surface area contributed by atoms with E-state index in [9.17, 15) is 12.3 Å². The maximum atomic E-state index is 12.4. The molecule has 0 unspecified atom stereocenters. The highest BCUT2D eigenvalue weighted by Crippen LogP contribution is 2.25. The number of nitrogens with zero attached hydrogens (tertiary/aromatic N) is 1. The molecule has 96 valence electrons. The third-order valence-electron chi connectivity index (χ3n) is 1.90. The van der Waals surface area contributed by atoms with Crippen molar-refractivity contribution in [1.82, 2.24) is 4.98 Å². The van der Waals surface area contributed by atoms with Crippen molar-refractivity contribution in [2.45, 2.75) is 6.92 Å². The van der Waals surface area contributed by atoms with Crippen molar-refractivity contribution >= 4 is 32.7 Å². The van der Waals surface area contributed by atoms with Crippen LogP contribution in [0.5, 0.6) is 5.75 Å². The molecule has 0 radical (unpaired) electrons. The zero-order valence-electron chi connectivity index (χ0n) is 9.25. The normalized spacial score (nSPS) is 11.2. The molecular formula is C10H9FN2O3S2. The van der Waals surface area contributed by atoms with E-state index in [1.807, 2.05) is 6.92 Å². The van der Waals surface area contributed by atoms with E-state index in [4.69, 9.17) is 0 Å². The van der Waals surface area contributed by atoms with E-state index in [1.54, 1.807) is 18.3 Å². The molecule has 0 bridgehead atoms. The zero-order chi connectivity index (χ0) is 13.2. The summed E-state index contributed by atoms with van der Waals surface area (Å²) < 4.78 is 37.2. The summed E-state index contributed by atoms with van der Waals surface area (Å²) in [5.74, 6) is -0.101. The first-order chi connectivity index (χ1) is 8.42. The van der Waals surface area contributed by atoms with Gasteiger partial charge in [-0.05, 0) is 19.1 Å². The number of halogens is 1. The molecule has 0 saturated carbocycles. The predicted octanol–water partition coefficient (Wildman–Crippen LogP) is 2.79. The predicted molar refractivity (Wildman–Crippen MR) is 67.2 cm³/mol. The van der Waals surface area contributed by atoms with Gasteiger partial charge in [-0.25, -0.2) is 4.98 Å². The van der Waals surface area contributed by atoms with Crippen LogP contribution >= 0.6 is 11.3 Å². The number of rotatable bonds is 4. The van der Waals surface area contributed by atoms with E-state index >= 15 is 0 Å². The third-order valence-corrected chi connectivity index (χ3v) is 3.12. The summed E-state index contributed by atoms with van der Waals surface area (Å²) in [4.78, 5) is 5.13. The van der Waals surface area contributed by atoms with Gasteiger partial charge in [0.25, 0.3) is 0 Å². The molecule has 1 N–H and O–H groups in total. The fraction of sp³-hybridized carbons (Fsp3) is 0.100. The first-order valence-corrected chi connectivity index (χ1v) is 6.98. The molecule has 8 heteroatoms. The van der Waals surface area contributed by atoms with Gasteiger partial charge in [0, 0.05) is 22.8 Å². The van der Waals surface area contributed by atoms with Gasteiger partial charge in [0.2, 0.25) is 0 Å². The average molecular weight is 288 g/mol. The molecule has 0 fully saturated rings. The molecule has 0 amide bonds. The van der Waals surface area contributed by atoms with Crippen molar-refractivity contribution < 1.29 is 16.5 Å². The van der Waals surface area contributed by atoms with E-state index in [1.165, 1.54) is 23.5 Å². The van der Waals surface area contributed by atoms with Gasteiger partial charge in [-0.15, -0.1) is 11.3 Å². The van der Waals surface area contributed by atoms with Crippen molar-refractivity contribution in [2.24, 2.45) is 0 Å². The van der Waals surface area contributed by atoms with E-state index < -0.39 is 10.5 Å². The van der Waals surface area contributed by atoms with E-state index in [-0.39, 0.29) is 5.75 Å². The summed E-state index contributed by atoms with van der Waals surface area (Å²) >= 11 is 1.45. The molecule has 0 saturated heterocycles. The van der Waals surface area contributed by atoms with Crippen LogP contribution in [0.3, 0.4) is 0 Å². The van der Waals surface area contributed by atoms with Crippen LogP contribution in [0.1, 0.15) is 4.88 Å². The lowest BCUT2D eigenvalue weighted by Gasteiger charge is -2.04. The largest absolute Gasteiger partial charge is 0.488 e. The van der Waals surface area contributed by atoms with Gasteiger partial charge < -0.3 is 9.50 Å². The summed E-state index contributed by atoms with van der Waals surface area (Å²) in [5.41, 5.74) is 0.561. The summed E-state index contributed by atoms with van der Waals surface area (Å²) in [6.07, 6.45) is 1.71. The molecule has 0 spiro atoms. The van der Waals surface area contributed by atoms with Crippen molar-refractivity contribution in [1.29, 1.82) is 0 Å². The Morgan fingerprint density at radius 2 is 2.22 bits per heavy atom. The Morgan fingerprint density at radius 1 is 1.44 bits per heavy atom. The maximum absolute atomic E-state index is 12.4. The molecular weight excluding hydrogens is 279 g/mol. The fourth-order valence-corrected chi connectivity index (χ4v) is 2.29. The monoisotopic (exact) mass is 288 g/mol. The third kappa shape index (κ3) is 3.67. The number of nitrogens with one attached hydrogen (secondary N) is 1. The smallest absolute Gasteiger partial charge is 0.358 e. The number of benzene rings is 1. The number of hydrogen-bond acceptors (Lipinski definition) is 6. The molecule has 1 aromatic heterocycles. The van der Waals surface area contributed by atoms with Crippen LogP contribution < -0.4 is 9.50 Å². The van der Waals surface area contributed by atoms with Gasteiger partial charge in [-0.1, -0.05) is 9.95 Å². The Balaban J connectivity index is 2.17. The molecule has 0 aliphatic rings. The van der Waals surface area contributed by atoms with Gasteiger partial charge in [0.1, 0.15) is 5.75 Å². The Hall–Kier alpha value is -1.67. The number of aryl methyl sites for hydroxylation is 1. The van der Waals surface area contributed by atoms with Crippen LogP contribution in [0.2, 0.25) is 0 Å². The van der Waals surface area contributed by atoms with Crippen LogP contribution in [0, 0.1) is 6.92 Å². The highest BCUT2D eigenvalue weighted by atomic mass is 32.3. The maximum Gasteiger partial charge on any atom is 0.488 e. The van der Waals surface area contributed by atoms with Crippen LogP contribution in [0.15, 0.2) is 30.5 Å². The molecule has 1 aromatic carbocycles. The van der Waals surface area contributed by atoms with Crippen molar-refractivity contribution in [3.63, 3.8) is 0 Å². The first kappa shape index (κ1) is 12.8. The topological polar surface area (TPSA) is 68.3 Å². The van der Waals surface area contributed by atoms with Crippen LogP contribution in [-0.2, 0) is 10.5 Å². The van der Waals surface area contributed by atoms with Gasteiger partial charge in [0.05, 0.1) is 0 Å². The summed E-state index contributed by atoms with van der Waals surface area (Å²) in [7, 11) is -5.00. The van der Waals surface area contributed by atoms with Crippen molar-refractivity contribution in [3.8, 4) is 5.75 Å². The molecule has 0 aliphatic carbocycles. The number of aromatic nitrogens is 1. The molecule has 2 rings (SSSR count). The minimum Gasteiger partial charge on any atom is -0.358 e. The lowest BCUT2D eigenvalue weighted by Crippen LogP contribution is -2.01. The summed E-state index contributed by atoms with van der Waals surface area (Å²) in [5, 5.41) is 3.62. The van der Waals surface area contributed by atoms with Crippen LogP contribution in [-0.4, -0.2) is 13.4 Å². The quantitative estimate of drug-likeness (QED) is 0.876. The van der Waals surface area contributed by atoms with Gasteiger partial charge >= 0.3 is 10.5 Å². The minimum absolute atomic E-state index is 0.101. The van der Waals surface area contributed by atoms with Gasteiger partial charge in [-0.2, -0.15) is 8.42 Å². The lowest BCUT2D eigenvalue weighted by molar-refractivity contribution is 0.440. The first-order valence-electron chi connectivity index (χ1n) is 4.86. The highest BCUT2D eigenvalue weighted by molar-refractivity contribution is 7.81. The van der Waals surface area contributed by atoms with Crippen LogP contribution in [0.25, 0.3) is 0 Å². The molecule has 2 aromatic rings. The van der Waals surface area contributed by atoms with Gasteiger partial charge in [-0.3, -0.25) is 0 Å². The number of thiazole rings is 1. The standard InChI is InChI=1S/C10H9FN2O3S2/c1-7-6-12-10(17-7)13-8-3-2-4-9(5-8)16-18(11,14)15/h2-6H,1H3,(H,12,13). The Labute approximate surface area is 108 Å². The lowest BCUT2D eigenvalue weighted by atomic mass is 10.3. The van der Waals surface area contributed by atoms with E-state index in [0.29, 0.717) is 10.8 Å². The second kappa shape index (κ2) is 4.91. The average Bonchev–Trinajstić information content (AvgIpc) is 2.62. The van der Waals surface area contributed by atoms with E-state index in [0.717, 1.165) is 4.88 Å². The van der Waals surface area contributed by atoms with E-state index in [2.05, 4.69) is 14.5 Å². The number of anilines is 2. The SMILES string of the molecule is Cc1cnc(Nc2cccc(OS(=O)(=O)F)c2)s1. The number of hydrogen-bond donors (Lipinski definition) is 1. The molecule has 5 nitrogen and oxygen atoms in total.